The highest BCUT2D eigenvalue weighted by Gasteiger charge is 2.15. The summed E-state index contributed by atoms with van der Waals surface area (Å²) in [6.07, 6.45) is 3.96. The second kappa shape index (κ2) is 5.60. The van der Waals surface area contributed by atoms with Crippen molar-refractivity contribution in [1.29, 1.82) is 0 Å². The Morgan fingerprint density at radius 2 is 2.62 bits per heavy atom. The third-order valence-corrected chi connectivity index (χ3v) is 2.79. The molecule has 1 atom stereocenters. The molecular weight excluding hydrogens is 208 g/mol. The number of carbonyl (C=O) groups excluding carboxylic acids is 1. The Labute approximate surface area is 93.8 Å². The molecule has 1 amide bonds. The average Bonchev–Trinajstić information content (AvgIpc) is 2.96. The van der Waals surface area contributed by atoms with Gasteiger partial charge in [-0.1, -0.05) is 5.16 Å². The lowest BCUT2D eigenvalue weighted by Gasteiger charge is -2.07. The number of aromatic nitrogens is 2. The van der Waals surface area contributed by atoms with Crippen LogP contribution in [0.1, 0.15) is 25.1 Å². The quantitative estimate of drug-likeness (QED) is 0.740. The third kappa shape index (κ3) is 3.30. The molecule has 1 saturated heterocycles. The maximum atomic E-state index is 11.5. The molecule has 2 N–H and O–H groups in total. The molecule has 1 aromatic heterocycles. The van der Waals surface area contributed by atoms with Crippen LogP contribution >= 0.6 is 0 Å². The highest BCUT2D eigenvalue weighted by molar-refractivity contribution is 5.75. The molecule has 1 fully saturated rings. The van der Waals surface area contributed by atoms with Crippen LogP contribution in [0.25, 0.3) is 0 Å². The number of nitrogens with one attached hydrogen (secondary N) is 2. The van der Waals surface area contributed by atoms with Crippen LogP contribution in [0.4, 0.5) is 0 Å². The normalized spacial score (nSPS) is 19.9. The summed E-state index contributed by atoms with van der Waals surface area (Å²) in [6, 6.07) is 0. The van der Waals surface area contributed by atoms with Gasteiger partial charge in [-0.3, -0.25) is 4.79 Å². The highest BCUT2D eigenvalue weighted by atomic mass is 16.5. The van der Waals surface area contributed by atoms with Crippen LogP contribution < -0.4 is 10.6 Å². The molecule has 0 spiro atoms. The van der Waals surface area contributed by atoms with E-state index in [1.54, 1.807) is 0 Å². The van der Waals surface area contributed by atoms with Crippen molar-refractivity contribution in [2.75, 3.05) is 13.1 Å². The second-order valence-electron chi connectivity index (χ2n) is 4.02. The minimum Gasteiger partial charge on any atom is -0.349 e. The van der Waals surface area contributed by atoms with Crippen LogP contribution in [0.3, 0.4) is 0 Å². The van der Waals surface area contributed by atoms with Crippen LogP contribution in [-0.4, -0.2) is 29.1 Å². The first-order chi connectivity index (χ1) is 7.84. The van der Waals surface area contributed by atoms with Gasteiger partial charge in [-0.2, -0.15) is 4.98 Å². The fourth-order valence-electron chi connectivity index (χ4n) is 1.83. The molecule has 6 nitrogen and oxygen atoms in total. The zero-order valence-electron chi connectivity index (χ0n) is 9.11. The van der Waals surface area contributed by atoms with Gasteiger partial charge in [-0.05, 0) is 31.8 Å². The van der Waals surface area contributed by atoms with Crippen molar-refractivity contribution >= 4 is 5.91 Å². The summed E-state index contributed by atoms with van der Waals surface area (Å²) in [5, 5.41) is 9.67. The van der Waals surface area contributed by atoms with E-state index in [0.29, 0.717) is 24.7 Å². The number of nitrogens with zero attached hydrogens (tertiary/aromatic N) is 2. The lowest BCUT2D eigenvalue weighted by atomic mass is 10.0. The first kappa shape index (κ1) is 11.1. The van der Waals surface area contributed by atoms with Gasteiger partial charge in [0.25, 0.3) is 0 Å². The summed E-state index contributed by atoms with van der Waals surface area (Å²) in [5.74, 6) is 1.21. The molecule has 88 valence electrons. The molecule has 0 aromatic carbocycles. The van der Waals surface area contributed by atoms with E-state index in [9.17, 15) is 4.79 Å². The van der Waals surface area contributed by atoms with Crippen molar-refractivity contribution in [1.82, 2.24) is 20.8 Å². The standard InChI is InChI=1S/C10H16N4O2/c15-10(2-1-8-3-4-11-5-8)12-6-9-13-7-16-14-9/h7-8,11H,1-6H2,(H,12,15). The maximum absolute atomic E-state index is 11.5. The Morgan fingerprint density at radius 3 is 3.31 bits per heavy atom. The second-order valence-corrected chi connectivity index (χ2v) is 4.02. The molecule has 2 rings (SSSR count). The minimum absolute atomic E-state index is 0.0525. The molecule has 1 aromatic rings. The molecule has 16 heavy (non-hydrogen) atoms. The third-order valence-electron chi connectivity index (χ3n) is 2.79. The van der Waals surface area contributed by atoms with Gasteiger partial charge in [0.1, 0.15) is 0 Å². The minimum atomic E-state index is 0.0525. The smallest absolute Gasteiger partial charge is 0.220 e. The molecule has 0 aliphatic carbocycles. The Bertz CT molecular complexity index is 320. The van der Waals surface area contributed by atoms with Crippen LogP contribution in [0.15, 0.2) is 10.9 Å². The van der Waals surface area contributed by atoms with E-state index in [0.717, 1.165) is 19.5 Å². The molecule has 2 heterocycles. The molecule has 0 saturated carbocycles. The molecule has 6 heteroatoms. The maximum Gasteiger partial charge on any atom is 0.220 e. The predicted octanol–water partition coefficient (Wildman–Crippen LogP) is 0.0755. The molecule has 1 unspecified atom stereocenters. The van der Waals surface area contributed by atoms with Crippen LogP contribution in [-0.2, 0) is 11.3 Å². The number of hydrogen-bond acceptors (Lipinski definition) is 5. The van der Waals surface area contributed by atoms with Crippen molar-refractivity contribution in [2.24, 2.45) is 5.92 Å². The molecule has 0 bridgehead atoms. The van der Waals surface area contributed by atoms with E-state index in [1.807, 2.05) is 0 Å². The number of carbonyl (C=O) groups is 1. The van der Waals surface area contributed by atoms with E-state index >= 15 is 0 Å². The van der Waals surface area contributed by atoms with Crippen molar-refractivity contribution in [3.63, 3.8) is 0 Å². The van der Waals surface area contributed by atoms with Crippen molar-refractivity contribution in [3.05, 3.63) is 12.2 Å². The van der Waals surface area contributed by atoms with Crippen molar-refractivity contribution in [2.45, 2.75) is 25.8 Å². The van der Waals surface area contributed by atoms with Gasteiger partial charge in [-0.25, -0.2) is 0 Å². The fraction of sp³-hybridized carbons (Fsp3) is 0.700. The first-order valence-electron chi connectivity index (χ1n) is 5.57. The van der Waals surface area contributed by atoms with Crippen molar-refractivity contribution in [3.8, 4) is 0 Å². The lowest BCUT2D eigenvalue weighted by Crippen LogP contribution is -2.24. The predicted molar refractivity (Wildman–Crippen MR) is 56.4 cm³/mol. The first-order valence-corrected chi connectivity index (χ1v) is 5.57. The van der Waals surface area contributed by atoms with Gasteiger partial charge >= 0.3 is 0 Å². The summed E-state index contributed by atoms with van der Waals surface area (Å²) in [6.45, 7) is 2.46. The Morgan fingerprint density at radius 1 is 1.69 bits per heavy atom. The SMILES string of the molecule is O=C(CCC1CCNC1)NCc1ncon1. The summed E-state index contributed by atoms with van der Waals surface area (Å²) in [5.41, 5.74) is 0. The topological polar surface area (TPSA) is 80.0 Å². The van der Waals surface area contributed by atoms with E-state index < -0.39 is 0 Å². The molecule has 0 radical (unpaired) electrons. The van der Waals surface area contributed by atoms with Crippen LogP contribution in [0.2, 0.25) is 0 Å². The van der Waals surface area contributed by atoms with Gasteiger partial charge in [0.15, 0.2) is 5.82 Å². The largest absolute Gasteiger partial charge is 0.349 e. The van der Waals surface area contributed by atoms with Gasteiger partial charge in [-0.15, -0.1) is 0 Å². The molecule has 1 aliphatic rings. The fourth-order valence-corrected chi connectivity index (χ4v) is 1.83. The highest BCUT2D eigenvalue weighted by Crippen LogP contribution is 2.13. The number of rotatable bonds is 5. The average molecular weight is 224 g/mol. The van der Waals surface area contributed by atoms with Gasteiger partial charge in [0.05, 0.1) is 6.54 Å². The summed E-state index contributed by atoms with van der Waals surface area (Å²) >= 11 is 0. The van der Waals surface area contributed by atoms with E-state index in [4.69, 9.17) is 0 Å². The summed E-state index contributed by atoms with van der Waals surface area (Å²) in [4.78, 5) is 15.3. The molecule has 1 aliphatic heterocycles. The Hall–Kier alpha value is -1.43. The van der Waals surface area contributed by atoms with Crippen LogP contribution in [0.5, 0.6) is 0 Å². The van der Waals surface area contributed by atoms with E-state index in [1.165, 1.54) is 12.8 Å². The van der Waals surface area contributed by atoms with Gasteiger partial charge < -0.3 is 15.2 Å². The van der Waals surface area contributed by atoms with Gasteiger partial charge in [0, 0.05) is 6.42 Å². The lowest BCUT2D eigenvalue weighted by molar-refractivity contribution is -0.121. The zero-order valence-corrected chi connectivity index (χ0v) is 9.11. The van der Waals surface area contributed by atoms with E-state index in [-0.39, 0.29) is 5.91 Å². The van der Waals surface area contributed by atoms with Gasteiger partial charge in [0.2, 0.25) is 12.3 Å². The van der Waals surface area contributed by atoms with Crippen molar-refractivity contribution < 1.29 is 9.32 Å². The Balaban J connectivity index is 1.60. The zero-order chi connectivity index (χ0) is 11.2. The van der Waals surface area contributed by atoms with E-state index in [2.05, 4.69) is 25.3 Å². The summed E-state index contributed by atoms with van der Waals surface area (Å²) in [7, 11) is 0. The van der Waals surface area contributed by atoms with Crippen LogP contribution in [0, 0.1) is 5.92 Å². The monoisotopic (exact) mass is 224 g/mol. The summed E-state index contributed by atoms with van der Waals surface area (Å²) < 4.78 is 4.57. The number of amides is 1. The number of hydrogen-bond donors (Lipinski definition) is 2. The Kier molecular flexibility index (Phi) is 3.87. The molecular formula is C10H16N4O2.